The molecule has 0 unspecified atom stereocenters. The predicted octanol–water partition coefficient (Wildman–Crippen LogP) is 3.10. The standard InChI is InChI=1S/C16H24N2O.ClH/c1-12(2)13-4-6-14(7-5-13)15(19)18-16(3)8-10-17-11-9-16;/h4-7,12,17H,8-11H2,1-3H3,(H,18,19);1H. The number of nitrogens with one attached hydrogen (secondary N) is 2. The van der Waals surface area contributed by atoms with Crippen molar-refractivity contribution in [2.24, 2.45) is 0 Å². The van der Waals surface area contributed by atoms with Gasteiger partial charge in [-0.3, -0.25) is 4.79 Å². The Balaban J connectivity index is 0.00000200. The van der Waals surface area contributed by atoms with E-state index in [4.69, 9.17) is 0 Å². The average molecular weight is 297 g/mol. The number of piperidine rings is 1. The van der Waals surface area contributed by atoms with E-state index in [2.05, 4.69) is 31.4 Å². The monoisotopic (exact) mass is 296 g/mol. The minimum Gasteiger partial charge on any atom is -0.347 e. The van der Waals surface area contributed by atoms with Gasteiger partial charge in [-0.05, 0) is 56.5 Å². The van der Waals surface area contributed by atoms with Crippen molar-refractivity contribution in [1.82, 2.24) is 10.6 Å². The van der Waals surface area contributed by atoms with Gasteiger partial charge in [0.25, 0.3) is 5.91 Å². The van der Waals surface area contributed by atoms with Crippen LogP contribution in [0.4, 0.5) is 0 Å². The van der Waals surface area contributed by atoms with Crippen LogP contribution in [0.3, 0.4) is 0 Å². The van der Waals surface area contributed by atoms with E-state index >= 15 is 0 Å². The lowest BCUT2D eigenvalue weighted by molar-refractivity contribution is 0.0887. The molecule has 1 heterocycles. The van der Waals surface area contributed by atoms with Crippen LogP contribution >= 0.6 is 12.4 Å². The second-order valence-electron chi connectivity index (χ2n) is 6.04. The van der Waals surface area contributed by atoms with Gasteiger partial charge in [0.2, 0.25) is 0 Å². The molecule has 0 aliphatic carbocycles. The Morgan fingerprint density at radius 3 is 2.25 bits per heavy atom. The molecule has 1 aliphatic rings. The Hall–Kier alpha value is -1.06. The minimum absolute atomic E-state index is 0. The van der Waals surface area contributed by atoms with E-state index in [-0.39, 0.29) is 23.9 Å². The van der Waals surface area contributed by atoms with Gasteiger partial charge >= 0.3 is 0 Å². The summed E-state index contributed by atoms with van der Waals surface area (Å²) in [5.41, 5.74) is 1.95. The molecule has 0 saturated carbocycles. The highest BCUT2D eigenvalue weighted by Gasteiger charge is 2.28. The Labute approximate surface area is 127 Å². The summed E-state index contributed by atoms with van der Waals surface area (Å²) < 4.78 is 0. The fraction of sp³-hybridized carbons (Fsp3) is 0.562. The first-order valence-electron chi connectivity index (χ1n) is 7.13. The first-order valence-corrected chi connectivity index (χ1v) is 7.13. The number of carbonyl (C=O) groups excluding carboxylic acids is 1. The van der Waals surface area contributed by atoms with Crippen molar-refractivity contribution in [2.45, 2.75) is 45.1 Å². The van der Waals surface area contributed by atoms with Crippen molar-refractivity contribution >= 4 is 18.3 Å². The molecular formula is C16H25ClN2O. The molecular weight excluding hydrogens is 272 g/mol. The van der Waals surface area contributed by atoms with Gasteiger partial charge in [0, 0.05) is 11.1 Å². The molecule has 1 aromatic rings. The molecule has 0 bridgehead atoms. The summed E-state index contributed by atoms with van der Waals surface area (Å²) in [6, 6.07) is 7.94. The molecule has 2 N–H and O–H groups in total. The van der Waals surface area contributed by atoms with E-state index in [1.165, 1.54) is 5.56 Å². The lowest BCUT2D eigenvalue weighted by Gasteiger charge is -2.35. The predicted molar refractivity (Wildman–Crippen MR) is 85.8 cm³/mol. The molecule has 20 heavy (non-hydrogen) atoms. The van der Waals surface area contributed by atoms with Gasteiger partial charge < -0.3 is 10.6 Å². The highest BCUT2D eigenvalue weighted by molar-refractivity contribution is 5.94. The molecule has 1 saturated heterocycles. The SMILES string of the molecule is CC(C)c1ccc(C(=O)NC2(C)CCNCC2)cc1.Cl. The molecule has 1 aliphatic heterocycles. The van der Waals surface area contributed by atoms with E-state index in [0.717, 1.165) is 31.5 Å². The highest BCUT2D eigenvalue weighted by atomic mass is 35.5. The number of benzene rings is 1. The lowest BCUT2D eigenvalue weighted by Crippen LogP contribution is -2.52. The molecule has 0 atom stereocenters. The van der Waals surface area contributed by atoms with Crippen LogP contribution < -0.4 is 10.6 Å². The Kier molecular flexibility index (Phi) is 6.03. The van der Waals surface area contributed by atoms with Gasteiger partial charge in [0.05, 0.1) is 0 Å². The van der Waals surface area contributed by atoms with Crippen molar-refractivity contribution < 1.29 is 4.79 Å². The number of rotatable bonds is 3. The van der Waals surface area contributed by atoms with Gasteiger partial charge in [-0.15, -0.1) is 12.4 Å². The van der Waals surface area contributed by atoms with Crippen LogP contribution in [0.1, 0.15) is 55.5 Å². The molecule has 0 radical (unpaired) electrons. The molecule has 2 rings (SSSR count). The number of carbonyl (C=O) groups is 1. The van der Waals surface area contributed by atoms with Crippen LogP contribution in [0.15, 0.2) is 24.3 Å². The van der Waals surface area contributed by atoms with Crippen molar-refractivity contribution in [3.8, 4) is 0 Å². The van der Waals surface area contributed by atoms with Crippen LogP contribution in [-0.2, 0) is 0 Å². The third kappa shape index (κ3) is 4.22. The maximum atomic E-state index is 12.3. The quantitative estimate of drug-likeness (QED) is 0.900. The summed E-state index contributed by atoms with van der Waals surface area (Å²) in [6.45, 7) is 8.40. The summed E-state index contributed by atoms with van der Waals surface area (Å²) in [7, 11) is 0. The Morgan fingerprint density at radius 2 is 1.75 bits per heavy atom. The number of halogens is 1. The van der Waals surface area contributed by atoms with E-state index in [9.17, 15) is 4.79 Å². The van der Waals surface area contributed by atoms with Crippen LogP contribution in [-0.4, -0.2) is 24.5 Å². The van der Waals surface area contributed by atoms with Gasteiger partial charge in [0.15, 0.2) is 0 Å². The average Bonchev–Trinajstić information content (AvgIpc) is 2.39. The molecule has 0 spiro atoms. The number of hydrogen-bond donors (Lipinski definition) is 2. The number of amides is 1. The maximum absolute atomic E-state index is 12.3. The molecule has 0 aromatic heterocycles. The summed E-state index contributed by atoms with van der Waals surface area (Å²) in [6.07, 6.45) is 1.98. The third-order valence-electron chi connectivity index (χ3n) is 3.96. The molecule has 112 valence electrons. The Bertz CT molecular complexity index is 436. The van der Waals surface area contributed by atoms with Crippen LogP contribution in [0.25, 0.3) is 0 Å². The first kappa shape index (κ1) is 17.0. The van der Waals surface area contributed by atoms with Crippen molar-refractivity contribution in [3.05, 3.63) is 35.4 Å². The van der Waals surface area contributed by atoms with Crippen LogP contribution in [0, 0.1) is 0 Å². The smallest absolute Gasteiger partial charge is 0.251 e. The molecule has 1 aromatic carbocycles. The van der Waals surface area contributed by atoms with Gasteiger partial charge in [-0.2, -0.15) is 0 Å². The fourth-order valence-corrected chi connectivity index (χ4v) is 2.47. The van der Waals surface area contributed by atoms with Crippen molar-refractivity contribution in [1.29, 1.82) is 0 Å². The van der Waals surface area contributed by atoms with E-state index in [1.54, 1.807) is 0 Å². The largest absolute Gasteiger partial charge is 0.347 e. The zero-order valence-corrected chi connectivity index (χ0v) is 13.3. The zero-order chi connectivity index (χ0) is 13.9. The zero-order valence-electron chi connectivity index (χ0n) is 12.5. The fourth-order valence-electron chi connectivity index (χ4n) is 2.47. The second kappa shape index (κ2) is 7.09. The van der Waals surface area contributed by atoms with Crippen molar-refractivity contribution in [2.75, 3.05) is 13.1 Å². The van der Waals surface area contributed by atoms with Crippen LogP contribution in [0.2, 0.25) is 0 Å². The molecule has 3 nitrogen and oxygen atoms in total. The molecule has 4 heteroatoms. The van der Waals surface area contributed by atoms with Crippen LogP contribution in [0.5, 0.6) is 0 Å². The summed E-state index contributed by atoms with van der Waals surface area (Å²) >= 11 is 0. The highest BCUT2D eigenvalue weighted by Crippen LogP contribution is 2.19. The van der Waals surface area contributed by atoms with Gasteiger partial charge in [-0.25, -0.2) is 0 Å². The van der Waals surface area contributed by atoms with Crippen molar-refractivity contribution in [3.63, 3.8) is 0 Å². The topological polar surface area (TPSA) is 41.1 Å². The van der Waals surface area contributed by atoms with E-state index in [1.807, 2.05) is 24.3 Å². The van der Waals surface area contributed by atoms with E-state index < -0.39 is 0 Å². The van der Waals surface area contributed by atoms with Gasteiger partial charge in [-0.1, -0.05) is 26.0 Å². The summed E-state index contributed by atoms with van der Waals surface area (Å²) in [4.78, 5) is 12.3. The normalized spacial score (nSPS) is 17.4. The van der Waals surface area contributed by atoms with Gasteiger partial charge in [0.1, 0.15) is 0 Å². The summed E-state index contributed by atoms with van der Waals surface area (Å²) in [5, 5.41) is 6.50. The third-order valence-corrected chi connectivity index (χ3v) is 3.96. The Morgan fingerprint density at radius 1 is 1.20 bits per heavy atom. The molecule has 1 fully saturated rings. The second-order valence-corrected chi connectivity index (χ2v) is 6.04. The lowest BCUT2D eigenvalue weighted by atomic mass is 9.90. The number of hydrogen-bond acceptors (Lipinski definition) is 2. The first-order chi connectivity index (χ1) is 9.00. The summed E-state index contributed by atoms with van der Waals surface area (Å²) in [5.74, 6) is 0.541. The minimum atomic E-state index is -0.0704. The molecule has 1 amide bonds. The maximum Gasteiger partial charge on any atom is 0.251 e. The van der Waals surface area contributed by atoms with E-state index in [0.29, 0.717) is 5.92 Å².